The third kappa shape index (κ3) is 4.13. The van der Waals surface area contributed by atoms with Gasteiger partial charge in [-0.15, -0.1) is 10.2 Å². The molecule has 6 nitrogen and oxygen atoms in total. The number of benzene rings is 1. The second-order valence-electron chi connectivity index (χ2n) is 4.94. The molecule has 0 bridgehead atoms. The average Bonchev–Trinajstić information content (AvgIpc) is 2.92. The summed E-state index contributed by atoms with van der Waals surface area (Å²) in [7, 11) is 0. The summed E-state index contributed by atoms with van der Waals surface area (Å²) in [4.78, 5) is 12.0. The van der Waals surface area contributed by atoms with Crippen LogP contribution in [0.25, 0.3) is 11.5 Å². The number of nitrogens with one attached hydrogen (secondary N) is 1. The molecule has 0 radical (unpaired) electrons. The Balaban J connectivity index is 2.00. The maximum atomic E-state index is 12.0. The van der Waals surface area contributed by atoms with Gasteiger partial charge in [-0.1, -0.05) is 0 Å². The van der Waals surface area contributed by atoms with Gasteiger partial charge < -0.3 is 14.8 Å². The van der Waals surface area contributed by atoms with Crippen LogP contribution in [-0.2, 0) is 0 Å². The molecule has 2 aromatic rings. The van der Waals surface area contributed by atoms with E-state index in [-0.39, 0.29) is 18.6 Å². The number of aliphatic hydroxyl groups is 1. The Labute approximate surface area is 123 Å². The van der Waals surface area contributed by atoms with Crippen LogP contribution in [-0.4, -0.2) is 33.9 Å². The summed E-state index contributed by atoms with van der Waals surface area (Å²) >= 11 is 0. The Hall–Kier alpha value is -2.21. The van der Waals surface area contributed by atoms with Crippen molar-refractivity contribution in [2.24, 2.45) is 0 Å². The molecule has 21 heavy (non-hydrogen) atoms. The summed E-state index contributed by atoms with van der Waals surface area (Å²) in [6, 6.07) is 7.04. The van der Waals surface area contributed by atoms with E-state index in [2.05, 4.69) is 15.5 Å². The molecule has 6 heteroatoms. The topological polar surface area (TPSA) is 88.2 Å². The quantitative estimate of drug-likeness (QED) is 0.848. The number of carbonyl (C=O) groups is 1. The largest absolute Gasteiger partial charge is 0.421 e. The fourth-order valence-corrected chi connectivity index (χ4v) is 1.95. The summed E-state index contributed by atoms with van der Waals surface area (Å²) < 4.78 is 5.33. The molecule has 0 saturated heterocycles. The molecule has 0 fully saturated rings. The Morgan fingerprint density at radius 3 is 2.62 bits per heavy atom. The number of rotatable bonds is 6. The van der Waals surface area contributed by atoms with Gasteiger partial charge in [0.1, 0.15) is 0 Å². The standard InChI is InChI=1S/C15H19N3O3/c1-10(4-3-9-19)16-14(20)12-5-7-13(8-6-12)15-18-17-11(2)21-15/h5-8,10,19H,3-4,9H2,1-2H3,(H,16,20). The fraction of sp³-hybridized carbons (Fsp3) is 0.400. The number of carbonyl (C=O) groups excluding carboxylic acids is 1. The summed E-state index contributed by atoms with van der Waals surface area (Å²) in [6.45, 7) is 3.79. The minimum atomic E-state index is -0.131. The highest BCUT2D eigenvalue weighted by Crippen LogP contribution is 2.18. The van der Waals surface area contributed by atoms with E-state index in [4.69, 9.17) is 9.52 Å². The zero-order valence-corrected chi connectivity index (χ0v) is 12.2. The van der Waals surface area contributed by atoms with Crippen LogP contribution in [0, 0.1) is 6.92 Å². The first kappa shape index (κ1) is 15.2. The molecular formula is C15H19N3O3. The molecule has 2 N–H and O–H groups in total. The molecule has 1 amide bonds. The summed E-state index contributed by atoms with van der Waals surface area (Å²) in [6.07, 6.45) is 1.43. The SMILES string of the molecule is Cc1nnc(-c2ccc(C(=O)NC(C)CCCO)cc2)o1. The molecule has 1 aromatic carbocycles. The van der Waals surface area contributed by atoms with Crippen LogP contribution >= 0.6 is 0 Å². The summed E-state index contributed by atoms with van der Waals surface area (Å²) in [5, 5.41) is 19.4. The molecule has 1 heterocycles. The Bertz CT molecular complexity index is 592. The van der Waals surface area contributed by atoms with E-state index in [1.165, 1.54) is 0 Å². The van der Waals surface area contributed by atoms with Crippen molar-refractivity contribution in [2.45, 2.75) is 32.7 Å². The lowest BCUT2D eigenvalue weighted by Crippen LogP contribution is -2.32. The predicted molar refractivity (Wildman–Crippen MR) is 77.7 cm³/mol. The minimum Gasteiger partial charge on any atom is -0.421 e. The summed E-state index contributed by atoms with van der Waals surface area (Å²) in [5.41, 5.74) is 1.35. The number of aliphatic hydroxyl groups excluding tert-OH is 1. The van der Waals surface area contributed by atoms with Crippen LogP contribution in [0.4, 0.5) is 0 Å². The highest BCUT2D eigenvalue weighted by atomic mass is 16.4. The Kier molecular flexibility index (Phi) is 5.05. The Morgan fingerprint density at radius 1 is 1.33 bits per heavy atom. The van der Waals surface area contributed by atoms with E-state index in [1.54, 1.807) is 31.2 Å². The predicted octanol–water partition coefficient (Wildman–Crippen LogP) is 1.94. The molecule has 1 unspecified atom stereocenters. The first-order valence-electron chi connectivity index (χ1n) is 6.92. The van der Waals surface area contributed by atoms with Crippen LogP contribution in [0.1, 0.15) is 36.0 Å². The van der Waals surface area contributed by atoms with Gasteiger partial charge in [-0.05, 0) is 44.0 Å². The zero-order valence-electron chi connectivity index (χ0n) is 12.2. The highest BCUT2D eigenvalue weighted by Gasteiger charge is 2.11. The minimum absolute atomic E-state index is 0.0305. The number of hydrogen-bond acceptors (Lipinski definition) is 5. The maximum Gasteiger partial charge on any atom is 0.251 e. The lowest BCUT2D eigenvalue weighted by atomic mass is 10.1. The van der Waals surface area contributed by atoms with E-state index in [1.807, 2.05) is 6.92 Å². The van der Waals surface area contributed by atoms with Crippen molar-refractivity contribution >= 4 is 5.91 Å². The number of aromatic nitrogens is 2. The molecule has 0 aliphatic carbocycles. The molecule has 0 saturated carbocycles. The van der Waals surface area contributed by atoms with Crippen molar-refractivity contribution in [2.75, 3.05) is 6.61 Å². The summed E-state index contributed by atoms with van der Waals surface area (Å²) in [5.74, 6) is 0.814. The van der Waals surface area contributed by atoms with Gasteiger partial charge in [0.2, 0.25) is 11.8 Å². The second kappa shape index (κ2) is 6.99. The number of nitrogens with zero attached hydrogens (tertiary/aromatic N) is 2. The third-order valence-electron chi connectivity index (χ3n) is 3.09. The third-order valence-corrected chi connectivity index (χ3v) is 3.09. The molecule has 0 aliphatic rings. The first-order chi connectivity index (χ1) is 10.1. The lowest BCUT2D eigenvalue weighted by molar-refractivity contribution is 0.0936. The van der Waals surface area contributed by atoms with Crippen LogP contribution in [0.5, 0.6) is 0 Å². The zero-order chi connectivity index (χ0) is 15.2. The van der Waals surface area contributed by atoms with Crippen molar-refractivity contribution in [1.82, 2.24) is 15.5 Å². The average molecular weight is 289 g/mol. The number of hydrogen-bond donors (Lipinski definition) is 2. The monoisotopic (exact) mass is 289 g/mol. The van der Waals surface area contributed by atoms with Crippen molar-refractivity contribution in [3.05, 3.63) is 35.7 Å². The van der Waals surface area contributed by atoms with Crippen molar-refractivity contribution < 1.29 is 14.3 Å². The van der Waals surface area contributed by atoms with Crippen molar-refractivity contribution in [3.8, 4) is 11.5 Å². The van der Waals surface area contributed by atoms with Crippen molar-refractivity contribution in [3.63, 3.8) is 0 Å². The van der Waals surface area contributed by atoms with Crippen LogP contribution in [0.15, 0.2) is 28.7 Å². The van der Waals surface area contributed by atoms with Gasteiger partial charge in [0.25, 0.3) is 5.91 Å². The van der Waals surface area contributed by atoms with Gasteiger partial charge in [-0.25, -0.2) is 0 Å². The van der Waals surface area contributed by atoms with Crippen LogP contribution in [0.2, 0.25) is 0 Å². The van der Waals surface area contributed by atoms with Gasteiger partial charge in [0.05, 0.1) is 0 Å². The van der Waals surface area contributed by atoms with E-state index < -0.39 is 0 Å². The van der Waals surface area contributed by atoms with Crippen LogP contribution in [0.3, 0.4) is 0 Å². The fourth-order valence-electron chi connectivity index (χ4n) is 1.95. The smallest absolute Gasteiger partial charge is 0.251 e. The molecule has 1 aromatic heterocycles. The van der Waals surface area contributed by atoms with Gasteiger partial charge in [0, 0.05) is 30.7 Å². The number of aryl methyl sites for hydroxylation is 1. The first-order valence-corrected chi connectivity index (χ1v) is 6.92. The van der Waals surface area contributed by atoms with Crippen molar-refractivity contribution in [1.29, 1.82) is 0 Å². The van der Waals surface area contributed by atoms with Crippen LogP contribution < -0.4 is 5.32 Å². The molecule has 0 aliphatic heterocycles. The van der Waals surface area contributed by atoms with Gasteiger partial charge >= 0.3 is 0 Å². The molecular weight excluding hydrogens is 270 g/mol. The van der Waals surface area contributed by atoms with E-state index in [9.17, 15) is 4.79 Å². The van der Waals surface area contributed by atoms with Gasteiger partial charge in [-0.3, -0.25) is 4.79 Å². The van der Waals surface area contributed by atoms with Gasteiger partial charge in [0.15, 0.2) is 0 Å². The maximum absolute atomic E-state index is 12.0. The molecule has 2 rings (SSSR count). The Morgan fingerprint density at radius 2 is 2.05 bits per heavy atom. The molecule has 0 spiro atoms. The van der Waals surface area contributed by atoms with Gasteiger partial charge in [-0.2, -0.15) is 0 Å². The highest BCUT2D eigenvalue weighted by molar-refractivity contribution is 5.94. The molecule has 112 valence electrons. The number of amides is 1. The van der Waals surface area contributed by atoms with E-state index in [0.29, 0.717) is 23.8 Å². The lowest BCUT2D eigenvalue weighted by Gasteiger charge is -2.13. The van der Waals surface area contributed by atoms with E-state index >= 15 is 0 Å². The molecule has 1 atom stereocenters. The normalized spacial score (nSPS) is 12.1. The second-order valence-corrected chi connectivity index (χ2v) is 4.94. The van der Waals surface area contributed by atoms with E-state index in [0.717, 1.165) is 12.0 Å².